The molecule has 5 heteroatoms. The predicted octanol–water partition coefficient (Wildman–Crippen LogP) is 2.52. The molecule has 4 nitrogen and oxygen atoms in total. The average molecular weight is 301 g/mol. The third-order valence-corrected chi connectivity index (χ3v) is 4.97. The Hall–Kier alpha value is -1.75. The number of nitrogens with zero attached hydrogens (tertiary/aromatic N) is 3. The van der Waals surface area contributed by atoms with Gasteiger partial charge in [0.25, 0.3) is 0 Å². The third-order valence-electron chi connectivity index (χ3n) is 3.72. The molecule has 1 atom stereocenters. The number of rotatable bonds is 5. The first-order chi connectivity index (χ1) is 10.3. The first-order valence-corrected chi connectivity index (χ1v) is 8.23. The molecule has 1 aliphatic rings. The van der Waals surface area contributed by atoms with Crippen molar-refractivity contribution in [3.63, 3.8) is 0 Å². The lowest BCUT2D eigenvalue weighted by molar-refractivity contribution is -0.131. The Bertz CT molecular complexity index is 570. The zero-order valence-electron chi connectivity index (χ0n) is 11.9. The highest BCUT2D eigenvalue weighted by Crippen LogP contribution is 2.25. The fourth-order valence-electron chi connectivity index (χ4n) is 2.56. The topological polar surface area (TPSA) is 38.1 Å². The first kappa shape index (κ1) is 14.2. The number of aromatic nitrogens is 2. The van der Waals surface area contributed by atoms with Crippen molar-refractivity contribution in [2.45, 2.75) is 17.9 Å². The number of likely N-dealkylation sites (tertiary alicyclic amines) is 1. The molecule has 0 saturated carbocycles. The maximum atomic E-state index is 12.2. The molecule has 0 aliphatic carbocycles. The van der Waals surface area contributed by atoms with Crippen LogP contribution in [-0.4, -0.2) is 39.4 Å². The minimum atomic E-state index is 0.172. The van der Waals surface area contributed by atoms with Gasteiger partial charge >= 0.3 is 0 Å². The summed E-state index contributed by atoms with van der Waals surface area (Å²) in [5.74, 6) is 1.85. The van der Waals surface area contributed by atoms with Gasteiger partial charge in [-0.15, -0.1) is 11.8 Å². The van der Waals surface area contributed by atoms with Crippen molar-refractivity contribution < 1.29 is 4.79 Å². The van der Waals surface area contributed by atoms with Gasteiger partial charge in [0.2, 0.25) is 5.91 Å². The van der Waals surface area contributed by atoms with Gasteiger partial charge in [-0.2, -0.15) is 5.10 Å². The molecule has 1 saturated heterocycles. The van der Waals surface area contributed by atoms with Gasteiger partial charge < -0.3 is 4.90 Å². The van der Waals surface area contributed by atoms with Gasteiger partial charge in [0.15, 0.2) is 0 Å². The Labute approximate surface area is 129 Å². The first-order valence-electron chi connectivity index (χ1n) is 7.24. The van der Waals surface area contributed by atoms with E-state index in [1.807, 2.05) is 35.0 Å². The molecule has 21 heavy (non-hydrogen) atoms. The summed E-state index contributed by atoms with van der Waals surface area (Å²) in [6.07, 6.45) is 4.64. The number of thioether (sulfide) groups is 1. The molecule has 2 aromatic rings. The summed E-state index contributed by atoms with van der Waals surface area (Å²) in [7, 11) is 0. The summed E-state index contributed by atoms with van der Waals surface area (Å²) in [5, 5.41) is 4.09. The van der Waals surface area contributed by atoms with Crippen LogP contribution >= 0.6 is 11.8 Å². The highest BCUT2D eigenvalue weighted by molar-refractivity contribution is 7.99. The highest BCUT2D eigenvalue weighted by atomic mass is 32.2. The Balaban J connectivity index is 1.45. The highest BCUT2D eigenvalue weighted by Gasteiger charge is 2.26. The summed E-state index contributed by atoms with van der Waals surface area (Å²) in [6.45, 7) is 2.10. The Kier molecular flexibility index (Phi) is 4.60. The fourth-order valence-corrected chi connectivity index (χ4v) is 3.61. The summed E-state index contributed by atoms with van der Waals surface area (Å²) in [6, 6.07) is 12.3. The maximum absolute atomic E-state index is 12.2. The van der Waals surface area contributed by atoms with Crippen molar-refractivity contribution in [1.29, 1.82) is 0 Å². The molecule has 0 unspecified atom stereocenters. The standard InChI is InChI=1S/C16H19N3OS/c20-16(12-19-9-4-8-17-19)18-10-7-14(11-18)13-21-15-5-2-1-3-6-15/h1-6,8-9,14H,7,10-13H2/t14-/m1/s1. The molecular formula is C16H19N3OS. The van der Waals surface area contributed by atoms with Gasteiger partial charge in [-0.25, -0.2) is 0 Å². The van der Waals surface area contributed by atoms with Crippen LogP contribution in [0.1, 0.15) is 6.42 Å². The molecule has 1 aromatic carbocycles. The quantitative estimate of drug-likeness (QED) is 0.797. The van der Waals surface area contributed by atoms with E-state index in [0.29, 0.717) is 12.5 Å². The van der Waals surface area contributed by atoms with E-state index in [2.05, 4.69) is 29.4 Å². The van der Waals surface area contributed by atoms with Crippen LogP contribution in [0.4, 0.5) is 0 Å². The molecule has 0 spiro atoms. The molecule has 0 radical (unpaired) electrons. The van der Waals surface area contributed by atoms with E-state index >= 15 is 0 Å². The van der Waals surface area contributed by atoms with Crippen molar-refractivity contribution in [3.05, 3.63) is 48.8 Å². The molecule has 1 fully saturated rings. The third kappa shape index (κ3) is 3.88. The second kappa shape index (κ2) is 6.80. The molecule has 0 N–H and O–H groups in total. The summed E-state index contributed by atoms with van der Waals surface area (Å²) >= 11 is 1.88. The van der Waals surface area contributed by atoms with Gasteiger partial charge in [0, 0.05) is 36.1 Å². The average Bonchev–Trinajstić information content (AvgIpc) is 3.17. The van der Waals surface area contributed by atoms with Crippen molar-refractivity contribution in [2.75, 3.05) is 18.8 Å². The maximum Gasteiger partial charge on any atom is 0.244 e. The van der Waals surface area contributed by atoms with E-state index in [1.165, 1.54) is 4.90 Å². The molecule has 1 amide bonds. The van der Waals surface area contributed by atoms with E-state index in [1.54, 1.807) is 10.9 Å². The van der Waals surface area contributed by atoms with Crippen LogP contribution in [0.5, 0.6) is 0 Å². The van der Waals surface area contributed by atoms with Gasteiger partial charge in [-0.3, -0.25) is 9.48 Å². The van der Waals surface area contributed by atoms with Crippen molar-refractivity contribution in [3.8, 4) is 0 Å². The van der Waals surface area contributed by atoms with E-state index in [4.69, 9.17) is 0 Å². The number of benzene rings is 1. The number of hydrogen-bond donors (Lipinski definition) is 0. The normalized spacial score (nSPS) is 18.1. The monoisotopic (exact) mass is 301 g/mol. The Morgan fingerprint density at radius 3 is 2.90 bits per heavy atom. The molecule has 110 valence electrons. The van der Waals surface area contributed by atoms with E-state index in [-0.39, 0.29) is 5.91 Å². The van der Waals surface area contributed by atoms with Crippen LogP contribution in [0.25, 0.3) is 0 Å². The zero-order chi connectivity index (χ0) is 14.5. The van der Waals surface area contributed by atoms with Gasteiger partial charge in [0.1, 0.15) is 6.54 Å². The molecular weight excluding hydrogens is 282 g/mol. The lowest BCUT2D eigenvalue weighted by Crippen LogP contribution is -2.32. The lowest BCUT2D eigenvalue weighted by Gasteiger charge is -2.16. The Morgan fingerprint density at radius 2 is 2.14 bits per heavy atom. The lowest BCUT2D eigenvalue weighted by atomic mass is 10.2. The summed E-state index contributed by atoms with van der Waals surface area (Å²) in [5.41, 5.74) is 0. The molecule has 3 rings (SSSR count). The Morgan fingerprint density at radius 1 is 1.29 bits per heavy atom. The van der Waals surface area contributed by atoms with Crippen LogP contribution < -0.4 is 0 Å². The van der Waals surface area contributed by atoms with Gasteiger partial charge in [0.05, 0.1) is 0 Å². The van der Waals surface area contributed by atoms with Crippen LogP contribution in [0, 0.1) is 5.92 Å². The van der Waals surface area contributed by atoms with E-state index in [9.17, 15) is 4.79 Å². The van der Waals surface area contributed by atoms with Crippen molar-refractivity contribution >= 4 is 17.7 Å². The van der Waals surface area contributed by atoms with Crippen LogP contribution in [0.15, 0.2) is 53.7 Å². The number of hydrogen-bond acceptors (Lipinski definition) is 3. The minimum absolute atomic E-state index is 0.172. The van der Waals surface area contributed by atoms with Crippen LogP contribution in [0.3, 0.4) is 0 Å². The SMILES string of the molecule is O=C(Cn1cccn1)N1CC[C@@H](CSc2ccccc2)C1. The number of carbonyl (C=O) groups excluding carboxylic acids is 1. The van der Waals surface area contributed by atoms with Crippen LogP contribution in [0.2, 0.25) is 0 Å². The molecule has 1 aliphatic heterocycles. The van der Waals surface area contributed by atoms with Crippen molar-refractivity contribution in [1.82, 2.24) is 14.7 Å². The van der Waals surface area contributed by atoms with Gasteiger partial charge in [-0.05, 0) is 30.5 Å². The van der Waals surface area contributed by atoms with Gasteiger partial charge in [-0.1, -0.05) is 18.2 Å². The largest absolute Gasteiger partial charge is 0.341 e. The number of amides is 1. The smallest absolute Gasteiger partial charge is 0.244 e. The predicted molar refractivity (Wildman–Crippen MR) is 84.1 cm³/mol. The second-order valence-electron chi connectivity index (χ2n) is 5.32. The van der Waals surface area contributed by atoms with E-state index < -0.39 is 0 Å². The molecule has 1 aromatic heterocycles. The fraction of sp³-hybridized carbons (Fsp3) is 0.375. The zero-order valence-corrected chi connectivity index (χ0v) is 12.7. The molecule has 2 heterocycles. The summed E-state index contributed by atoms with van der Waals surface area (Å²) < 4.78 is 1.69. The summed E-state index contributed by atoms with van der Waals surface area (Å²) in [4.78, 5) is 15.5. The minimum Gasteiger partial charge on any atom is -0.341 e. The van der Waals surface area contributed by atoms with E-state index in [0.717, 1.165) is 25.3 Å². The number of carbonyl (C=O) groups is 1. The van der Waals surface area contributed by atoms with Crippen molar-refractivity contribution in [2.24, 2.45) is 5.92 Å². The van der Waals surface area contributed by atoms with Crippen LogP contribution in [-0.2, 0) is 11.3 Å². The second-order valence-corrected chi connectivity index (χ2v) is 6.42. The molecule has 0 bridgehead atoms.